The van der Waals surface area contributed by atoms with Gasteiger partial charge in [0.15, 0.2) is 0 Å². The van der Waals surface area contributed by atoms with E-state index in [9.17, 15) is 0 Å². The summed E-state index contributed by atoms with van der Waals surface area (Å²) in [7, 11) is 0. The lowest BCUT2D eigenvalue weighted by Crippen LogP contribution is -2.25. The largest absolute Gasteiger partial charge is 0.310 e. The Morgan fingerprint density at radius 1 is 0.413 bits per heavy atom. The molecule has 46 heavy (non-hydrogen) atoms. The maximum absolute atomic E-state index is 3.88. The summed E-state index contributed by atoms with van der Waals surface area (Å²) < 4.78 is 0. The summed E-state index contributed by atoms with van der Waals surface area (Å²) >= 11 is 0. The topological polar surface area (TPSA) is 3.24 Å². The van der Waals surface area contributed by atoms with Crippen molar-refractivity contribution in [1.82, 2.24) is 0 Å². The second-order valence-corrected chi connectivity index (χ2v) is 11.6. The van der Waals surface area contributed by atoms with Gasteiger partial charge >= 0.3 is 0 Å². The number of benzene rings is 7. The van der Waals surface area contributed by atoms with Crippen LogP contribution in [0.1, 0.15) is 22.3 Å². The van der Waals surface area contributed by atoms with E-state index in [1.54, 1.807) is 0 Å². The van der Waals surface area contributed by atoms with Crippen molar-refractivity contribution < 1.29 is 0 Å². The molecular weight excluding hydrogens is 555 g/mol. The van der Waals surface area contributed by atoms with Crippen molar-refractivity contribution in [2.24, 2.45) is 0 Å². The molecule has 1 unspecified atom stereocenters. The number of para-hydroxylation sites is 2. The Morgan fingerprint density at radius 2 is 0.935 bits per heavy atom. The zero-order valence-electron chi connectivity index (χ0n) is 25.3. The third kappa shape index (κ3) is 4.69. The standard InChI is InChI=1S/C45H31N/c1-5-16-34(17-6-1)32-33-45(37-30-28-36(29-31-37)35-18-7-2-8-19-35)41-25-14-13-24-40(41)44-42(45)26-15-27-43(44)46(38-20-9-3-10-21-38)39-22-11-4-12-23-39/h1-31H. The molecule has 0 spiro atoms. The molecule has 0 fully saturated rings. The third-order valence-corrected chi connectivity index (χ3v) is 8.91. The van der Waals surface area contributed by atoms with Crippen LogP contribution in [0, 0.1) is 11.8 Å². The van der Waals surface area contributed by atoms with Crippen LogP contribution < -0.4 is 4.90 Å². The number of hydrogen-bond acceptors (Lipinski definition) is 1. The van der Waals surface area contributed by atoms with Crippen LogP contribution in [0.3, 0.4) is 0 Å². The highest BCUT2D eigenvalue weighted by molar-refractivity contribution is 5.97. The Balaban J connectivity index is 1.41. The predicted octanol–water partition coefficient (Wildman–Crippen LogP) is 11.2. The minimum absolute atomic E-state index is 0.675. The fourth-order valence-corrected chi connectivity index (χ4v) is 6.83. The highest BCUT2D eigenvalue weighted by Gasteiger charge is 2.45. The molecule has 1 aliphatic carbocycles. The number of nitrogens with zero attached hydrogens (tertiary/aromatic N) is 1. The van der Waals surface area contributed by atoms with E-state index in [4.69, 9.17) is 0 Å². The summed E-state index contributed by atoms with van der Waals surface area (Å²) in [6, 6.07) is 66.7. The average Bonchev–Trinajstić information content (AvgIpc) is 3.44. The van der Waals surface area contributed by atoms with E-state index in [2.05, 4.69) is 199 Å². The molecule has 1 heteroatoms. The molecule has 0 N–H and O–H groups in total. The zero-order chi connectivity index (χ0) is 30.8. The van der Waals surface area contributed by atoms with Crippen molar-refractivity contribution in [2.75, 3.05) is 4.90 Å². The monoisotopic (exact) mass is 585 g/mol. The van der Waals surface area contributed by atoms with Gasteiger partial charge in [-0.05, 0) is 75.8 Å². The van der Waals surface area contributed by atoms with Crippen molar-refractivity contribution in [1.29, 1.82) is 0 Å². The molecule has 0 aliphatic heterocycles. The van der Waals surface area contributed by atoms with Crippen molar-refractivity contribution in [2.45, 2.75) is 5.41 Å². The molecule has 0 amide bonds. The number of rotatable bonds is 5. The number of anilines is 3. The van der Waals surface area contributed by atoms with Gasteiger partial charge in [0.05, 0.1) is 5.69 Å². The van der Waals surface area contributed by atoms with Crippen LogP contribution in [0.4, 0.5) is 17.1 Å². The molecule has 0 bridgehead atoms. The molecule has 0 aromatic heterocycles. The van der Waals surface area contributed by atoms with Crippen LogP contribution >= 0.6 is 0 Å². The zero-order valence-corrected chi connectivity index (χ0v) is 25.3. The maximum Gasteiger partial charge on any atom is 0.108 e. The summed E-state index contributed by atoms with van der Waals surface area (Å²) in [5.41, 5.74) is 12.0. The van der Waals surface area contributed by atoms with Gasteiger partial charge in [0, 0.05) is 22.5 Å². The van der Waals surface area contributed by atoms with Crippen LogP contribution in [0.2, 0.25) is 0 Å². The van der Waals surface area contributed by atoms with Crippen molar-refractivity contribution in [3.8, 4) is 34.1 Å². The number of fused-ring (bicyclic) bond motifs is 3. The maximum atomic E-state index is 3.88. The van der Waals surface area contributed by atoms with E-state index >= 15 is 0 Å². The van der Waals surface area contributed by atoms with Gasteiger partial charge in [0.25, 0.3) is 0 Å². The molecule has 8 rings (SSSR count). The van der Waals surface area contributed by atoms with Gasteiger partial charge in [-0.25, -0.2) is 0 Å². The van der Waals surface area contributed by atoms with Crippen LogP contribution in [0.5, 0.6) is 0 Å². The van der Waals surface area contributed by atoms with Gasteiger partial charge in [-0.15, -0.1) is 0 Å². The average molecular weight is 586 g/mol. The van der Waals surface area contributed by atoms with E-state index in [1.807, 2.05) is 6.07 Å². The highest BCUT2D eigenvalue weighted by atomic mass is 15.1. The van der Waals surface area contributed by atoms with Gasteiger partial charge in [-0.3, -0.25) is 0 Å². The summed E-state index contributed by atoms with van der Waals surface area (Å²) in [5.74, 6) is 7.48. The first kappa shape index (κ1) is 27.4. The van der Waals surface area contributed by atoms with Gasteiger partial charge in [-0.1, -0.05) is 157 Å². The van der Waals surface area contributed by atoms with E-state index < -0.39 is 5.41 Å². The summed E-state index contributed by atoms with van der Waals surface area (Å²) in [6.07, 6.45) is 0. The minimum Gasteiger partial charge on any atom is -0.310 e. The Hall–Kier alpha value is -6.10. The Morgan fingerprint density at radius 3 is 1.59 bits per heavy atom. The summed E-state index contributed by atoms with van der Waals surface area (Å²) in [5, 5.41) is 0. The van der Waals surface area contributed by atoms with Crippen LogP contribution in [-0.4, -0.2) is 0 Å². The fourth-order valence-electron chi connectivity index (χ4n) is 6.83. The molecule has 7 aromatic carbocycles. The molecule has 0 saturated heterocycles. The minimum atomic E-state index is -0.675. The molecule has 1 nitrogen and oxygen atoms in total. The Bertz CT molecular complexity index is 2140. The molecule has 1 atom stereocenters. The summed E-state index contributed by atoms with van der Waals surface area (Å²) in [4.78, 5) is 2.37. The lowest BCUT2D eigenvalue weighted by molar-refractivity contribution is 0.837. The Labute approximate surface area is 271 Å². The normalized spacial score (nSPS) is 14.4. The molecular formula is C45H31N. The molecule has 216 valence electrons. The first-order valence-electron chi connectivity index (χ1n) is 15.7. The van der Waals surface area contributed by atoms with E-state index in [0.29, 0.717) is 0 Å². The van der Waals surface area contributed by atoms with Gasteiger partial charge in [0.2, 0.25) is 0 Å². The highest BCUT2D eigenvalue weighted by Crippen LogP contribution is 2.56. The first-order valence-corrected chi connectivity index (χ1v) is 15.7. The fraction of sp³-hybridized carbons (Fsp3) is 0.0222. The molecule has 7 aromatic rings. The SMILES string of the molecule is C(#CC1(c2ccc(-c3ccccc3)cc2)c2ccccc2-c2c(N(c3ccccc3)c3ccccc3)cccc21)c1ccccc1. The van der Waals surface area contributed by atoms with E-state index in [1.165, 1.54) is 33.4 Å². The van der Waals surface area contributed by atoms with Crippen LogP contribution in [0.15, 0.2) is 188 Å². The van der Waals surface area contributed by atoms with E-state index in [-0.39, 0.29) is 0 Å². The van der Waals surface area contributed by atoms with Crippen molar-refractivity contribution in [3.63, 3.8) is 0 Å². The lowest BCUT2D eigenvalue weighted by atomic mass is 9.72. The first-order chi connectivity index (χ1) is 22.8. The predicted molar refractivity (Wildman–Crippen MR) is 192 cm³/mol. The van der Waals surface area contributed by atoms with Crippen molar-refractivity contribution in [3.05, 3.63) is 210 Å². The lowest BCUT2D eigenvalue weighted by Gasteiger charge is -2.30. The van der Waals surface area contributed by atoms with Crippen LogP contribution in [-0.2, 0) is 5.41 Å². The smallest absolute Gasteiger partial charge is 0.108 e. The molecule has 0 radical (unpaired) electrons. The molecule has 1 aliphatic rings. The second kappa shape index (κ2) is 11.8. The number of hydrogen-bond donors (Lipinski definition) is 0. The van der Waals surface area contributed by atoms with E-state index in [0.717, 1.165) is 28.2 Å². The van der Waals surface area contributed by atoms with Gasteiger partial charge in [0.1, 0.15) is 5.41 Å². The Kier molecular flexibility index (Phi) is 7.02. The molecule has 0 heterocycles. The van der Waals surface area contributed by atoms with Crippen LogP contribution in [0.25, 0.3) is 22.3 Å². The quantitative estimate of drug-likeness (QED) is 0.182. The summed E-state index contributed by atoms with van der Waals surface area (Å²) in [6.45, 7) is 0. The third-order valence-electron chi connectivity index (χ3n) is 8.91. The van der Waals surface area contributed by atoms with Crippen molar-refractivity contribution >= 4 is 17.1 Å². The van der Waals surface area contributed by atoms with Gasteiger partial charge < -0.3 is 4.90 Å². The molecule has 0 saturated carbocycles. The second-order valence-electron chi connectivity index (χ2n) is 11.6. The van der Waals surface area contributed by atoms with Gasteiger partial charge in [-0.2, -0.15) is 0 Å².